The minimum absolute atomic E-state index is 0.0452. The van der Waals surface area contributed by atoms with Crippen molar-refractivity contribution in [2.45, 2.75) is 50.5 Å². The smallest absolute Gasteiger partial charge is 0.411 e. The second kappa shape index (κ2) is 7.99. The maximum absolute atomic E-state index is 14.0. The van der Waals surface area contributed by atoms with Gasteiger partial charge in [-0.2, -0.15) is 0 Å². The van der Waals surface area contributed by atoms with Gasteiger partial charge >= 0.3 is 6.09 Å². The van der Waals surface area contributed by atoms with Crippen LogP contribution in [0.1, 0.15) is 52.7 Å². The Morgan fingerprint density at radius 3 is 2.61 bits per heavy atom. The predicted molar refractivity (Wildman–Crippen MR) is 115 cm³/mol. The van der Waals surface area contributed by atoms with Crippen LogP contribution in [-0.2, 0) is 33.1 Å². The summed E-state index contributed by atoms with van der Waals surface area (Å²) in [5, 5.41) is 4.88. The van der Waals surface area contributed by atoms with E-state index >= 15 is 0 Å². The van der Waals surface area contributed by atoms with Gasteiger partial charge in [-0.15, -0.1) is 0 Å². The molecule has 9 heteroatoms. The molecule has 8 nitrogen and oxygen atoms in total. The molecule has 4 amide bonds. The first-order valence-corrected chi connectivity index (χ1v) is 10.8. The van der Waals surface area contributed by atoms with Crippen molar-refractivity contribution in [1.29, 1.82) is 0 Å². The molecule has 3 aliphatic rings. The maximum Gasteiger partial charge on any atom is 0.411 e. The SMILES string of the molecule is O=C1CCC(N2Cc3ccc(COC(=O)Nc4ccc(C5(F)CC5)cc4)cc3C2=O)C(=O)N1. The number of nitrogens with one attached hydrogen (secondary N) is 2. The van der Waals surface area contributed by atoms with Crippen LogP contribution in [0, 0.1) is 0 Å². The molecular formula is C24H22FN3O5. The van der Waals surface area contributed by atoms with Crippen LogP contribution in [0.4, 0.5) is 14.9 Å². The molecule has 1 saturated carbocycles. The molecule has 0 spiro atoms. The fourth-order valence-electron chi connectivity index (χ4n) is 4.25. The zero-order valence-electron chi connectivity index (χ0n) is 17.7. The summed E-state index contributed by atoms with van der Waals surface area (Å²) in [6, 6.07) is 11.1. The van der Waals surface area contributed by atoms with Gasteiger partial charge < -0.3 is 9.64 Å². The van der Waals surface area contributed by atoms with Crippen molar-refractivity contribution in [2.75, 3.05) is 5.32 Å². The van der Waals surface area contributed by atoms with Crippen molar-refractivity contribution >= 4 is 29.5 Å². The van der Waals surface area contributed by atoms with Crippen LogP contribution < -0.4 is 10.6 Å². The zero-order chi connectivity index (χ0) is 23.2. The van der Waals surface area contributed by atoms with Gasteiger partial charge in [0.1, 0.15) is 18.3 Å². The van der Waals surface area contributed by atoms with Gasteiger partial charge in [0.05, 0.1) is 0 Å². The number of imide groups is 1. The summed E-state index contributed by atoms with van der Waals surface area (Å²) < 4.78 is 19.3. The lowest BCUT2D eigenvalue weighted by Gasteiger charge is -2.29. The number of ether oxygens (including phenoxy) is 1. The third kappa shape index (κ3) is 4.18. The van der Waals surface area contributed by atoms with E-state index in [0.717, 1.165) is 5.56 Å². The van der Waals surface area contributed by atoms with Gasteiger partial charge in [-0.3, -0.25) is 25.0 Å². The number of hydrogen-bond donors (Lipinski definition) is 2. The Balaban J connectivity index is 1.18. The standard InChI is InChI=1S/C24H22FN3O5/c25-24(9-10-24)16-3-5-17(6-4-16)26-23(32)33-13-14-1-2-15-12-28(22(31)18(15)11-14)19-7-8-20(29)27-21(19)30/h1-6,11,19H,7-10,12-13H2,(H,26,32)(H,27,29,30). The summed E-state index contributed by atoms with van der Waals surface area (Å²) in [5.74, 6) is -1.07. The van der Waals surface area contributed by atoms with E-state index in [0.29, 0.717) is 41.6 Å². The summed E-state index contributed by atoms with van der Waals surface area (Å²) in [5.41, 5.74) is 1.74. The molecule has 1 atom stereocenters. The molecule has 0 aromatic heterocycles. The van der Waals surface area contributed by atoms with Crippen LogP contribution in [-0.4, -0.2) is 34.8 Å². The van der Waals surface area contributed by atoms with E-state index < -0.39 is 23.7 Å². The number of piperidine rings is 1. The Bertz CT molecular complexity index is 1160. The number of amides is 4. The molecule has 2 N–H and O–H groups in total. The fourth-order valence-corrected chi connectivity index (χ4v) is 4.25. The number of halogens is 1. The van der Waals surface area contributed by atoms with Gasteiger partial charge in [-0.25, -0.2) is 9.18 Å². The number of hydrogen-bond acceptors (Lipinski definition) is 5. The number of nitrogens with zero attached hydrogens (tertiary/aromatic N) is 1. The molecule has 170 valence electrons. The van der Waals surface area contributed by atoms with E-state index in [-0.39, 0.29) is 31.4 Å². The van der Waals surface area contributed by atoms with Crippen LogP contribution in [0.2, 0.25) is 0 Å². The van der Waals surface area contributed by atoms with Crippen molar-refractivity contribution in [3.05, 3.63) is 64.7 Å². The summed E-state index contributed by atoms with van der Waals surface area (Å²) in [4.78, 5) is 50.0. The van der Waals surface area contributed by atoms with Crippen LogP contribution >= 0.6 is 0 Å². The molecule has 2 fully saturated rings. The van der Waals surface area contributed by atoms with Gasteiger partial charge in [0, 0.05) is 24.2 Å². The van der Waals surface area contributed by atoms with E-state index in [2.05, 4.69) is 10.6 Å². The Hall–Kier alpha value is -3.75. The van der Waals surface area contributed by atoms with Crippen molar-refractivity contribution in [3.8, 4) is 0 Å². The summed E-state index contributed by atoms with van der Waals surface area (Å²) in [7, 11) is 0. The highest BCUT2D eigenvalue weighted by atomic mass is 19.1. The fraction of sp³-hybridized carbons (Fsp3) is 0.333. The number of anilines is 1. The molecule has 2 aromatic rings. The molecule has 1 aliphatic carbocycles. The average Bonchev–Trinajstić information content (AvgIpc) is 3.47. The molecule has 1 unspecified atom stereocenters. The highest BCUT2D eigenvalue weighted by molar-refractivity contribution is 6.05. The number of alkyl halides is 1. The van der Waals surface area contributed by atoms with Crippen molar-refractivity contribution in [2.24, 2.45) is 0 Å². The number of rotatable bonds is 5. The van der Waals surface area contributed by atoms with Crippen molar-refractivity contribution in [3.63, 3.8) is 0 Å². The number of carbonyl (C=O) groups is 4. The molecule has 5 rings (SSSR count). The first kappa shape index (κ1) is 21.1. The number of benzene rings is 2. The summed E-state index contributed by atoms with van der Waals surface area (Å²) in [6.07, 6.45) is 0.879. The minimum atomic E-state index is -1.22. The highest BCUT2D eigenvalue weighted by Crippen LogP contribution is 2.49. The van der Waals surface area contributed by atoms with Crippen LogP contribution in [0.15, 0.2) is 42.5 Å². The van der Waals surface area contributed by atoms with Gasteiger partial charge in [0.15, 0.2) is 0 Å². The normalized spacial score (nSPS) is 20.8. The number of fused-ring (bicyclic) bond motifs is 1. The summed E-state index contributed by atoms with van der Waals surface area (Å²) in [6.45, 7) is 0.245. The first-order chi connectivity index (χ1) is 15.8. The highest BCUT2D eigenvalue weighted by Gasteiger charge is 2.44. The lowest BCUT2D eigenvalue weighted by molar-refractivity contribution is -0.136. The first-order valence-electron chi connectivity index (χ1n) is 10.8. The Labute approximate surface area is 189 Å². The maximum atomic E-state index is 14.0. The van der Waals surface area contributed by atoms with Crippen molar-refractivity contribution in [1.82, 2.24) is 10.2 Å². The molecule has 2 aromatic carbocycles. The van der Waals surface area contributed by atoms with E-state index in [1.807, 2.05) is 0 Å². The predicted octanol–water partition coefficient (Wildman–Crippen LogP) is 3.15. The van der Waals surface area contributed by atoms with Gasteiger partial charge in [0.25, 0.3) is 5.91 Å². The Kier molecular flexibility index (Phi) is 5.11. The lowest BCUT2D eigenvalue weighted by atomic mass is 10.0. The molecule has 0 radical (unpaired) electrons. The van der Waals surface area contributed by atoms with Gasteiger partial charge in [-0.05, 0) is 54.2 Å². The Morgan fingerprint density at radius 1 is 1.15 bits per heavy atom. The van der Waals surface area contributed by atoms with Crippen molar-refractivity contribution < 1.29 is 28.3 Å². The summed E-state index contributed by atoms with van der Waals surface area (Å²) >= 11 is 0. The third-order valence-corrected chi connectivity index (χ3v) is 6.30. The second-order valence-corrected chi connectivity index (χ2v) is 8.64. The van der Waals surface area contributed by atoms with Crippen LogP contribution in [0.5, 0.6) is 0 Å². The van der Waals surface area contributed by atoms with E-state index in [9.17, 15) is 23.6 Å². The van der Waals surface area contributed by atoms with Crippen LogP contribution in [0.25, 0.3) is 0 Å². The largest absolute Gasteiger partial charge is 0.444 e. The van der Waals surface area contributed by atoms with Gasteiger partial charge in [0.2, 0.25) is 11.8 Å². The quantitative estimate of drug-likeness (QED) is 0.680. The topological polar surface area (TPSA) is 105 Å². The molecule has 2 heterocycles. The van der Waals surface area contributed by atoms with E-state index in [1.165, 1.54) is 4.90 Å². The van der Waals surface area contributed by atoms with E-state index in [4.69, 9.17) is 4.74 Å². The molecule has 2 aliphatic heterocycles. The lowest BCUT2D eigenvalue weighted by Crippen LogP contribution is -2.52. The zero-order valence-corrected chi connectivity index (χ0v) is 17.7. The number of carbonyl (C=O) groups excluding carboxylic acids is 4. The molecular weight excluding hydrogens is 429 g/mol. The molecule has 1 saturated heterocycles. The Morgan fingerprint density at radius 2 is 1.91 bits per heavy atom. The molecule has 0 bridgehead atoms. The molecule has 33 heavy (non-hydrogen) atoms. The monoisotopic (exact) mass is 451 g/mol. The second-order valence-electron chi connectivity index (χ2n) is 8.64. The van der Waals surface area contributed by atoms with Gasteiger partial charge in [-0.1, -0.05) is 24.3 Å². The van der Waals surface area contributed by atoms with E-state index in [1.54, 1.807) is 42.5 Å². The average molecular weight is 451 g/mol. The third-order valence-electron chi connectivity index (χ3n) is 6.30. The minimum Gasteiger partial charge on any atom is -0.444 e. The van der Waals surface area contributed by atoms with Crippen LogP contribution in [0.3, 0.4) is 0 Å².